The van der Waals surface area contributed by atoms with Crippen molar-refractivity contribution in [2.45, 2.75) is 19.5 Å². The summed E-state index contributed by atoms with van der Waals surface area (Å²) in [5.74, 6) is -1.35. The summed E-state index contributed by atoms with van der Waals surface area (Å²) in [5, 5.41) is 0. The number of aryl methyl sites for hydroxylation is 1. The summed E-state index contributed by atoms with van der Waals surface area (Å²) in [6.45, 7) is 1.40. The minimum Gasteiger partial charge on any atom is -0.503 e. The number of halogens is 3. The fraction of sp³-hybridized carbons (Fsp3) is 0.263. The van der Waals surface area contributed by atoms with E-state index in [0.717, 1.165) is 0 Å². The molecule has 0 unspecified atom stereocenters. The smallest absolute Gasteiger partial charge is 0.434 e. The summed E-state index contributed by atoms with van der Waals surface area (Å²) in [4.78, 5) is 31.7. The lowest BCUT2D eigenvalue weighted by molar-refractivity contribution is -0.141. The predicted octanol–water partition coefficient (Wildman–Crippen LogP) is 3.39. The van der Waals surface area contributed by atoms with Gasteiger partial charge in [0.2, 0.25) is 0 Å². The van der Waals surface area contributed by atoms with Crippen LogP contribution in [0.3, 0.4) is 0 Å². The first-order valence-electron chi connectivity index (χ1n) is 8.02. The van der Waals surface area contributed by atoms with E-state index in [2.05, 4.69) is 9.97 Å². The van der Waals surface area contributed by atoms with E-state index < -0.39 is 23.6 Å². The van der Waals surface area contributed by atoms with E-state index in [4.69, 9.17) is 9.47 Å². The van der Waals surface area contributed by atoms with Gasteiger partial charge in [0.05, 0.1) is 32.4 Å². The van der Waals surface area contributed by atoms with Crippen molar-refractivity contribution in [3.8, 4) is 0 Å². The first kappa shape index (κ1) is 21.1. The minimum absolute atomic E-state index is 0.0697. The molecule has 0 fully saturated rings. The van der Waals surface area contributed by atoms with Gasteiger partial charge in [-0.2, -0.15) is 13.2 Å². The Morgan fingerprint density at radius 2 is 1.86 bits per heavy atom. The van der Waals surface area contributed by atoms with Crippen LogP contribution in [0, 0.1) is 6.92 Å². The summed E-state index contributed by atoms with van der Waals surface area (Å²) < 4.78 is 48.3. The van der Waals surface area contributed by atoms with Crippen LogP contribution >= 0.6 is 0 Å². The molecular formula is C19H17F3N2O4. The Balaban J connectivity index is 2.44. The predicted molar refractivity (Wildman–Crippen MR) is 93.2 cm³/mol. The normalized spacial score (nSPS) is 11.9. The second-order valence-corrected chi connectivity index (χ2v) is 5.70. The number of carbonyl (C=O) groups is 2. The molecule has 148 valence electrons. The number of hydrogen-bond acceptors (Lipinski definition) is 6. The number of ketones is 1. The van der Waals surface area contributed by atoms with E-state index in [9.17, 15) is 22.8 Å². The number of carbonyl (C=O) groups excluding carboxylic acids is 2. The lowest BCUT2D eigenvalue weighted by atomic mass is 9.95. The molecule has 2 aromatic rings. The second-order valence-electron chi connectivity index (χ2n) is 5.70. The fourth-order valence-electron chi connectivity index (χ4n) is 2.49. The van der Waals surface area contributed by atoms with Gasteiger partial charge in [0, 0.05) is 6.42 Å². The molecule has 0 bridgehead atoms. The molecule has 0 N–H and O–H groups in total. The lowest BCUT2D eigenvalue weighted by Crippen LogP contribution is -2.17. The van der Waals surface area contributed by atoms with Crippen molar-refractivity contribution in [1.29, 1.82) is 0 Å². The van der Waals surface area contributed by atoms with Crippen LogP contribution in [0.2, 0.25) is 0 Å². The zero-order chi connectivity index (χ0) is 20.9. The molecular weight excluding hydrogens is 377 g/mol. The van der Waals surface area contributed by atoms with Crippen molar-refractivity contribution in [2.24, 2.45) is 0 Å². The number of Topliss-reactive ketones (excluding diaryl/α,β-unsaturated/α-hetero) is 1. The van der Waals surface area contributed by atoms with Crippen molar-refractivity contribution < 1.29 is 32.2 Å². The maximum atomic E-state index is 12.9. The number of nitrogens with zero attached hydrogens (tertiary/aromatic N) is 2. The van der Waals surface area contributed by atoms with Gasteiger partial charge in [-0.15, -0.1) is 0 Å². The van der Waals surface area contributed by atoms with Gasteiger partial charge >= 0.3 is 12.1 Å². The van der Waals surface area contributed by atoms with Gasteiger partial charge in [0.15, 0.2) is 11.5 Å². The monoisotopic (exact) mass is 394 g/mol. The molecule has 0 amide bonds. The van der Waals surface area contributed by atoms with Crippen LogP contribution in [-0.2, 0) is 26.9 Å². The summed E-state index contributed by atoms with van der Waals surface area (Å²) in [7, 11) is 2.54. The Kier molecular flexibility index (Phi) is 6.50. The molecule has 0 spiro atoms. The van der Waals surface area contributed by atoms with E-state index in [0.29, 0.717) is 17.3 Å². The van der Waals surface area contributed by atoms with Gasteiger partial charge in [0.25, 0.3) is 0 Å². The highest BCUT2D eigenvalue weighted by molar-refractivity contribution is 6.16. The Bertz CT molecular complexity index is 924. The number of rotatable bonds is 6. The summed E-state index contributed by atoms with van der Waals surface area (Å²) in [6, 6.07) is 6.44. The largest absolute Gasteiger partial charge is 0.503 e. The molecule has 1 aromatic heterocycles. The molecule has 0 saturated carbocycles. The van der Waals surface area contributed by atoms with Crippen LogP contribution in [0.25, 0.3) is 5.57 Å². The molecule has 0 aliphatic rings. The number of benzene rings is 1. The van der Waals surface area contributed by atoms with E-state index >= 15 is 0 Å². The van der Waals surface area contributed by atoms with Crippen LogP contribution < -0.4 is 0 Å². The SMILES string of the molecule is CO/C=C(\C(=O)OC)c1ccccc1CC(=O)c1nc(C(F)(F)F)cnc1C. The standard InChI is InChI=1S/C19H17F3N2O4/c1-11-17(24-16(9-23-11)19(20,21)22)15(25)8-12-6-4-5-7-13(12)14(10-27-2)18(26)28-3/h4-7,9-10H,8H2,1-3H3/b14-10-. The average molecular weight is 394 g/mol. The van der Waals surface area contributed by atoms with Crippen molar-refractivity contribution >= 4 is 17.3 Å². The Morgan fingerprint density at radius 1 is 1.18 bits per heavy atom. The Morgan fingerprint density at radius 3 is 2.46 bits per heavy atom. The maximum absolute atomic E-state index is 12.9. The summed E-state index contributed by atoms with van der Waals surface area (Å²) in [5.41, 5.74) is -0.706. The first-order chi connectivity index (χ1) is 13.2. The highest BCUT2D eigenvalue weighted by Crippen LogP contribution is 2.28. The molecule has 0 aliphatic heterocycles. The van der Waals surface area contributed by atoms with E-state index in [1.165, 1.54) is 27.4 Å². The molecule has 1 heterocycles. The number of alkyl halides is 3. The average Bonchev–Trinajstić information content (AvgIpc) is 2.65. The summed E-state index contributed by atoms with van der Waals surface area (Å²) in [6.07, 6.45) is -3.25. The van der Waals surface area contributed by atoms with Gasteiger partial charge < -0.3 is 9.47 Å². The highest BCUT2D eigenvalue weighted by atomic mass is 19.4. The Labute approximate surface area is 159 Å². The van der Waals surface area contributed by atoms with Crippen LogP contribution in [0.4, 0.5) is 13.2 Å². The van der Waals surface area contributed by atoms with E-state index in [-0.39, 0.29) is 23.4 Å². The molecule has 6 nitrogen and oxygen atoms in total. The van der Waals surface area contributed by atoms with Crippen molar-refractivity contribution in [1.82, 2.24) is 9.97 Å². The zero-order valence-electron chi connectivity index (χ0n) is 15.3. The Hall–Kier alpha value is -3.23. The third-order valence-electron chi connectivity index (χ3n) is 3.81. The van der Waals surface area contributed by atoms with Gasteiger partial charge in [-0.3, -0.25) is 9.78 Å². The van der Waals surface area contributed by atoms with Crippen LogP contribution in [0.15, 0.2) is 36.7 Å². The quantitative estimate of drug-likeness (QED) is 0.323. The second kappa shape index (κ2) is 8.64. The van der Waals surface area contributed by atoms with Crippen molar-refractivity contribution in [3.63, 3.8) is 0 Å². The van der Waals surface area contributed by atoms with Gasteiger partial charge in [0.1, 0.15) is 11.3 Å². The van der Waals surface area contributed by atoms with Crippen molar-refractivity contribution in [2.75, 3.05) is 14.2 Å². The molecule has 2 rings (SSSR count). The highest BCUT2D eigenvalue weighted by Gasteiger charge is 2.34. The lowest BCUT2D eigenvalue weighted by Gasteiger charge is -2.12. The van der Waals surface area contributed by atoms with Crippen molar-refractivity contribution in [3.05, 3.63) is 64.9 Å². The van der Waals surface area contributed by atoms with Gasteiger partial charge in [-0.05, 0) is 18.1 Å². The number of aromatic nitrogens is 2. The van der Waals surface area contributed by atoms with Crippen LogP contribution in [0.5, 0.6) is 0 Å². The molecule has 0 radical (unpaired) electrons. The van der Waals surface area contributed by atoms with Gasteiger partial charge in [-0.25, -0.2) is 9.78 Å². The molecule has 9 heteroatoms. The molecule has 1 aromatic carbocycles. The topological polar surface area (TPSA) is 78.4 Å². The minimum atomic E-state index is -4.72. The number of methoxy groups -OCH3 is 2. The number of hydrogen-bond donors (Lipinski definition) is 0. The van der Waals surface area contributed by atoms with Crippen LogP contribution in [0.1, 0.15) is 33.0 Å². The van der Waals surface area contributed by atoms with Gasteiger partial charge in [-0.1, -0.05) is 24.3 Å². The third-order valence-corrected chi connectivity index (χ3v) is 3.81. The summed E-state index contributed by atoms with van der Waals surface area (Å²) >= 11 is 0. The maximum Gasteiger partial charge on any atom is 0.434 e. The molecule has 0 saturated heterocycles. The fourth-order valence-corrected chi connectivity index (χ4v) is 2.49. The van der Waals surface area contributed by atoms with Crippen LogP contribution in [-0.4, -0.2) is 35.9 Å². The molecule has 0 aliphatic carbocycles. The zero-order valence-corrected chi connectivity index (χ0v) is 15.3. The van der Waals surface area contributed by atoms with E-state index in [1.807, 2.05) is 0 Å². The number of esters is 1. The molecule has 28 heavy (non-hydrogen) atoms. The molecule has 0 atom stereocenters. The number of ether oxygens (including phenoxy) is 2. The third kappa shape index (κ3) is 4.73. The first-order valence-corrected chi connectivity index (χ1v) is 8.02. The van der Waals surface area contributed by atoms with E-state index in [1.54, 1.807) is 24.3 Å².